The predicted molar refractivity (Wildman–Crippen MR) is 105 cm³/mol. The molecule has 0 aliphatic heterocycles. The van der Waals surface area contributed by atoms with E-state index in [1.165, 1.54) is 0 Å². The molecular formula is C22H23NO5. The first-order chi connectivity index (χ1) is 13.6. The van der Waals surface area contributed by atoms with Crippen LogP contribution in [0.5, 0.6) is 0 Å². The second-order valence-electron chi connectivity index (χ2n) is 6.59. The third-order valence-corrected chi connectivity index (χ3v) is 4.64. The van der Waals surface area contributed by atoms with Crippen molar-refractivity contribution in [3.05, 3.63) is 72.3 Å². The SMILES string of the molecule is C=CCOC[C@@H](CC(=O)O)NC(=O)OCC1c2ccccc2-c2ccccc21. The van der Waals surface area contributed by atoms with Gasteiger partial charge in [0.25, 0.3) is 0 Å². The summed E-state index contributed by atoms with van der Waals surface area (Å²) in [5.41, 5.74) is 4.53. The Morgan fingerprint density at radius 3 is 2.29 bits per heavy atom. The smallest absolute Gasteiger partial charge is 0.407 e. The first kappa shape index (κ1) is 19.6. The summed E-state index contributed by atoms with van der Waals surface area (Å²) in [6.07, 6.45) is 0.655. The van der Waals surface area contributed by atoms with Gasteiger partial charge >= 0.3 is 12.1 Å². The zero-order valence-electron chi connectivity index (χ0n) is 15.5. The van der Waals surface area contributed by atoms with Gasteiger partial charge in [0.2, 0.25) is 0 Å². The number of rotatable bonds is 9. The van der Waals surface area contributed by atoms with Gasteiger partial charge in [-0.25, -0.2) is 4.79 Å². The Morgan fingerprint density at radius 2 is 1.71 bits per heavy atom. The van der Waals surface area contributed by atoms with Crippen molar-refractivity contribution in [2.75, 3.05) is 19.8 Å². The van der Waals surface area contributed by atoms with E-state index in [-0.39, 0.29) is 32.2 Å². The lowest BCUT2D eigenvalue weighted by Crippen LogP contribution is -2.40. The number of carbonyl (C=O) groups is 2. The summed E-state index contributed by atoms with van der Waals surface area (Å²) >= 11 is 0. The van der Waals surface area contributed by atoms with Crippen LogP contribution in [0.3, 0.4) is 0 Å². The summed E-state index contributed by atoms with van der Waals surface area (Å²) < 4.78 is 10.7. The van der Waals surface area contributed by atoms with Crippen LogP contribution in [0.4, 0.5) is 4.79 Å². The van der Waals surface area contributed by atoms with Crippen LogP contribution in [0.25, 0.3) is 11.1 Å². The van der Waals surface area contributed by atoms with Crippen molar-refractivity contribution in [3.8, 4) is 11.1 Å². The van der Waals surface area contributed by atoms with Gasteiger partial charge in [-0.2, -0.15) is 0 Å². The summed E-state index contributed by atoms with van der Waals surface area (Å²) in [6.45, 7) is 4.06. The number of hydrogen-bond donors (Lipinski definition) is 2. The number of ether oxygens (including phenoxy) is 2. The Morgan fingerprint density at radius 1 is 1.11 bits per heavy atom. The highest BCUT2D eigenvalue weighted by molar-refractivity contribution is 5.79. The number of hydrogen-bond acceptors (Lipinski definition) is 4. The van der Waals surface area contributed by atoms with Crippen molar-refractivity contribution in [1.82, 2.24) is 5.32 Å². The van der Waals surface area contributed by atoms with E-state index < -0.39 is 18.1 Å². The monoisotopic (exact) mass is 381 g/mol. The quantitative estimate of drug-likeness (QED) is 0.512. The number of benzene rings is 2. The summed E-state index contributed by atoms with van der Waals surface area (Å²) in [5, 5.41) is 11.6. The fourth-order valence-corrected chi connectivity index (χ4v) is 3.46. The molecule has 6 nitrogen and oxygen atoms in total. The fourth-order valence-electron chi connectivity index (χ4n) is 3.46. The topological polar surface area (TPSA) is 84.9 Å². The minimum absolute atomic E-state index is 0.0481. The van der Waals surface area contributed by atoms with Crippen LogP contribution in [0.2, 0.25) is 0 Å². The van der Waals surface area contributed by atoms with Gasteiger partial charge in [-0.3, -0.25) is 4.79 Å². The predicted octanol–water partition coefficient (Wildman–Crippen LogP) is 3.57. The van der Waals surface area contributed by atoms with E-state index >= 15 is 0 Å². The Bertz CT molecular complexity index is 818. The van der Waals surface area contributed by atoms with Gasteiger partial charge in [0.05, 0.1) is 25.7 Å². The number of aliphatic carboxylic acids is 1. The molecule has 2 aromatic carbocycles. The van der Waals surface area contributed by atoms with Crippen molar-refractivity contribution < 1.29 is 24.2 Å². The van der Waals surface area contributed by atoms with Crippen LogP contribution < -0.4 is 5.32 Å². The molecule has 0 fully saturated rings. The molecule has 0 bridgehead atoms. The molecule has 1 aliphatic carbocycles. The van der Waals surface area contributed by atoms with Gasteiger partial charge in [0.15, 0.2) is 0 Å². The van der Waals surface area contributed by atoms with Crippen LogP contribution in [0, 0.1) is 0 Å². The average Bonchev–Trinajstić information content (AvgIpc) is 3.00. The minimum atomic E-state index is -1.02. The van der Waals surface area contributed by atoms with Crippen LogP contribution >= 0.6 is 0 Å². The third-order valence-electron chi connectivity index (χ3n) is 4.64. The van der Waals surface area contributed by atoms with Crippen molar-refractivity contribution in [2.45, 2.75) is 18.4 Å². The van der Waals surface area contributed by atoms with Gasteiger partial charge in [-0.05, 0) is 22.3 Å². The molecule has 1 atom stereocenters. The van der Waals surface area contributed by atoms with Crippen molar-refractivity contribution in [3.63, 3.8) is 0 Å². The van der Waals surface area contributed by atoms with Gasteiger partial charge in [-0.15, -0.1) is 6.58 Å². The molecule has 2 aromatic rings. The number of carboxylic acid groups (broad SMARTS) is 1. The minimum Gasteiger partial charge on any atom is -0.481 e. The largest absolute Gasteiger partial charge is 0.481 e. The standard InChI is InChI=1S/C22H23NO5/c1-2-11-27-13-15(12-21(24)25)23-22(26)28-14-20-18-9-5-3-7-16(18)17-8-4-6-10-19(17)20/h2-10,15,20H,1,11-14H2,(H,23,26)(H,24,25)/t15-/m1/s1. The molecule has 0 unspecified atom stereocenters. The zero-order chi connectivity index (χ0) is 19.9. The number of carbonyl (C=O) groups excluding carboxylic acids is 1. The molecule has 2 N–H and O–H groups in total. The molecule has 0 heterocycles. The Hall–Kier alpha value is -3.12. The molecule has 1 amide bonds. The Balaban J connectivity index is 1.63. The zero-order valence-corrected chi connectivity index (χ0v) is 15.5. The molecule has 0 saturated heterocycles. The highest BCUT2D eigenvalue weighted by Crippen LogP contribution is 2.44. The number of carboxylic acids is 1. The Labute approximate surface area is 163 Å². The first-order valence-corrected chi connectivity index (χ1v) is 9.12. The molecule has 6 heteroatoms. The van der Waals surface area contributed by atoms with Crippen LogP contribution in [-0.4, -0.2) is 43.0 Å². The fraction of sp³-hybridized carbons (Fsp3) is 0.273. The molecular weight excluding hydrogens is 358 g/mol. The number of amides is 1. The number of fused-ring (bicyclic) bond motifs is 3. The van der Waals surface area contributed by atoms with Gasteiger partial charge in [0.1, 0.15) is 6.61 Å². The molecule has 28 heavy (non-hydrogen) atoms. The lowest BCUT2D eigenvalue weighted by atomic mass is 9.98. The average molecular weight is 381 g/mol. The first-order valence-electron chi connectivity index (χ1n) is 9.12. The van der Waals surface area contributed by atoms with Crippen molar-refractivity contribution >= 4 is 12.1 Å². The molecule has 1 aliphatic rings. The highest BCUT2D eigenvalue weighted by Gasteiger charge is 2.29. The number of alkyl carbamates (subject to hydrolysis) is 1. The van der Waals surface area contributed by atoms with Crippen molar-refractivity contribution in [2.24, 2.45) is 0 Å². The maximum absolute atomic E-state index is 12.2. The lowest BCUT2D eigenvalue weighted by Gasteiger charge is -2.18. The molecule has 3 rings (SSSR count). The second kappa shape index (κ2) is 9.19. The van der Waals surface area contributed by atoms with Crippen LogP contribution in [0.1, 0.15) is 23.5 Å². The van der Waals surface area contributed by atoms with E-state index in [9.17, 15) is 9.59 Å². The van der Waals surface area contributed by atoms with E-state index in [1.54, 1.807) is 6.08 Å². The van der Waals surface area contributed by atoms with E-state index in [0.29, 0.717) is 0 Å². The molecule has 0 saturated carbocycles. The summed E-state index contributed by atoms with van der Waals surface area (Å²) in [4.78, 5) is 23.2. The van der Waals surface area contributed by atoms with Gasteiger partial charge in [-0.1, -0.05) is 54.6 Å². The van der Waals surface area contributed by atoms with E-state index in [0.717, 1.165) is 22.3 Å². The van der Waals surface area contributed by atoms with Crippen LogP contribution in [-0.2, 0) is 14.3 Å². The Kier molecular flexibility index (Phi) is 6.45. The molecule has 146 valence electrons. The maximum Gasteiger partial charge on any atom is 0.407 e. The third kappa shape index (κ3) is 4.58. The summed E-state index contributed by atoms with van der Waals surface area (Å²) in [7, 11) is 0. The maximum atomic E-state index is 12.2. The molecule has 0 aromatic heterocycles. The van der Waals surface area contributed by atoms with E-state index in [4.69, 9.17) is 14.6 Å². The highest BCUT2D eigenvalue weighted by atomic mass is 16.5. The van der Waals surface area contributed by atoms with Gasteiger partial charge < -0.3 is 19.9 Å². The van der Waals surface area contributed by atoms with E-state index in [2.05, 4.69) is 24.0 Å². The summed E-state index contributed by atoms with van der Waals surface area (Å²) in [6, 6.07) is 15.5. The van der Waals surface area contributed by atoms with Crippen LogP contribution in [0.15, 0.2) is 61.2 Å². The normalized spacial score (nSPS) is 13.3. The lowest BCUT2D eigenvalue weighted by molar-refractivity contribution is -0.137. The van der Waals surface area contributed by atoms with Crippen molar-refractivity contribution in [1.29, 1.82) is 0 Å². The van der Waals surface area contributed by atoms with E-state index in [1.807, 2.05) is 36.4 Å². The number of nitrogens with one attached hydrogen (secondary N) is 1. The summed E-state index contributed by atoms with van der Waals surface area (Å²) in [5.74, 6) is -1.07. The molecule has 0 radical (unpaired) electrons. The molecule has 0 spiro atoms. The second-order valence-corrected chi connectivity index (χ2v) is 6.59. The van der Waals surface area contributed by atoms with Gasteiger partial charge in [0, 0.05) is 5.92 Å².